The number of fused-ring (bicyclic) bond motifs is 1. The quantitative estimate of drug-likeness (QED) is 0.760. The molecule has 0 spiro atoms. The Morgan fingerprint density at radius 3 is 3.05 bits per heavy atom. The summed E-state index contributed by atoms with van der Waals surface area (Å²) >= 11 is 3.07. The van der Waals surface area contributed by atoms with Gasteiger partial charge in [-0.1, -0.05) is 6.07 Å². The summed E-state index contributed by atoms with van der Waals surface area (Å²) in [6.45, 7) is 0. The van der Waals surface area contributed by atoms with E-state index in [0.717, 1.165) is 5.39 Å². The Morgan fingerprint density at radius 2 is 2.21 bits per heavy atom. The molecule has 0 unspecified atom stereocenters. The van der Waals surface area contributed by atoms with Crippen molar-refractivity contribution in [1.29, 1.82) is 0 Å². The van der Waals surface area contributed by atoms with Gasteiger partial charge in [0.25, 0.3) is 0 Å². The third kappa shape index (κ3) is 2.06. The van der Waals surface area contributed by atoms with Crippen LogP contribution in [0.15, 0.2) is 29.1 Å². The van der Waals surface area contributed by atoms with Crippen molar-refractivity contribution in [1.82, 2.24) is 20.2 Å². The lowest BCUT2D eigenvalue weighted by Crippen LogP contribution is -1.95. The molecule has 3 aromatic rings. The third-order valence-electron chi connectivity index (χ3n) is 2.83. The maximum atomic E-state index is 13.9. The highest BCUT2D eigenvalue weighted by Crippen LogP contribution is 2.30. The summed E-state index contributed by atoms with van der Waals surface area (Å²) in [6.07, 6.45) is 3.30. The van der Waals surface area contributed by atoms with Gasteiger partial charge in [0.15, 0.2) is 17.2 Å². The Hall–Kier alpha value is -2.02. The highest BCUT2D eigenvalue weighted by Gasteiger charge is 2.14. The second-order valence-electron chi connectivity index (χ2n) is 4.01. The molecule has 0 aliphatic carbocycles. The number of nitrogens with zero attached hydrogens (tertiary/aromatic N) is 3. The Kier molecular flexibility index (Phi) is 2.90. The van der Waals surface area contributed by atoms with Gasteiger partial charge < -0.3 is 5.11 Å². The minimum absolute atomic E-state index is 0.274. The number of phenolic OH excluding ortho intramolecular Hbond substituents is 1. The summed E-state index contributed by atoms with van der Waals surface area (Å²) < 4.78 is 14.2. The van der Waals surface area contributed by atoms with E-state index in [-0.39, 0.29) is 6.42 Å². The minimum atomic E-state index is -0.644. The van der Waals surface area contributed by atoms with Crippen LogP contribution in [-0.2, 0) is 6.42 Å². The van der Waals surface area contributed by atoms with E-state index in [9.17, 15) is 9.50 Å². The SMILES string of the molecule is Oc1c(Br)ccc(Cc2[nH]nc3ncncc23)c1F. The lowest BCUT2D eigenvalue weighted by molar-refractivity contribution is 0.426. The predicted molar refractivity (Wildman–Crippen MR) is 70.3 cm³/mol. The molecule has 2 N–H and O–H groups in total. The van der Waals surface area contributed by atoms with Crippen LogP contribution in [0.25, 0.3) is 11.0 Å². The van der Waals surface area contributed by atoms with Crippen molar-refractivity contribution in [3.63, 3.8) is 0 Å². The molecular weight excluding hydrogens is 315 g/mol. The van der Waals surface area contributed by atoms with E-state index in [1.807, 2.05) is 0 Å². The average molecular weight is 323 g/mol. The molecule has 0 aliphatic rings. The average Bonchev–Trinajstić information content (AvgIpc) is 2.83. The van der Waals surface area contributed by atoms with Crippen LogP contribution in [0.5, 0.6) is 5.75 Å². The van der Waals surface area contributed by atoms with E-state index in [2.05, 4.69) is 36.1 Å². The topological polar surface area (TPSA) is 74.7 Å². The monoisotopic (exact) mass is 322 g/mol. The summed E-state index contributed by atoms with van der Waals surface area (Å²) in [5.41, 5.74) is 1.61. The first-order valence-electron chi connectivity index (χ1n) is 5.45. The van der Waals surface area contributed by atoms with Gasteiger partial charge in [0, 0.05) is 12.6 Å². The number of halogens is 2. The molecule has 0 radical (unpaired) electrons. The van der Waals surface area contributed by atoms with Crippen molar-refractivity contribution >= 4 is 27.0 Å². The predicted octanol–water partition coefficient (Wildman–Crippen LogP) is 2.55. The van der Waals surface area contributed by atoms with Crippen LogP contribution in [0.3, 0.4) is 0 Å². The molecule has 0 fully saturated rings. The normalized spacial score (nSPS) is 11.1. The number of rotatable bonds is 2. The van der Waals surface area contributed by atoms with Gasteiger partial charge in [0.05, 0.1) is 15.6 Å². The van der Waals surface area contributed by atoms with Crippen LogP contribution >= 0.6 is 15.9 Å². The van der Waals surface area contributed by atoms with Gasteiger partial charge in [-0.2, -0.15) is 5.10 Å². The Morgan fingerprint density at radius 1 is 1.37 bits per heavy atom. The van der Waals surface area contributed by atoms with Crippen molar-refractivity contribution in [2.45, 2.75) is 6.42 Å². The molecule has 0 atom stereocenters. The summed E-state index contributed by atoms with van der Waals surface area (Å²) in [6, 6.07) is 3.21. The van der Waals surface area contributed by atoms with Gasteiger partial charge in [-0.25, -0.2) is 14.4 Å². The Bertz CT molecular complexity index is 759. The molecule has 7 heteroatoms. The molecule has 0 aliphatic heterocycles. The zero-order chi connectivity index (χ0) is 13.4. The summed E-state index contributed by atoms with van der Waals surface area (Å²) in [5, 5.41) is 17.1. The lowest BCUT2D eigenvalue weighted by atomic mass is 10.1. The number of H-pyrrole nitrogens is 1. The first-order chi connectivity index (χ1) is 9.16. The number of phenols is 1. The maximum absolute atomic E-state index is 13.9. The second-order valence-corrected chi connectivity index (χ2v) is 4.86. The number of hydrogen-bond acceptors (Lipinski definition) is 4. The fourth-order valence-electron chi connectivity index (χ4n) is 1.85. The fraction of sp³-hybridized carbons (Fsp3) is 0.0833. The second kappa shape index (κ2) is 4.58. The van der Waals surface area contributed by atoms with E-state index in [0.29, 0.717) is 21.4 Å². The lowest BCUT2D eigenvalue weighted by Gasteiger charge is -2.05. The van der Waals surface area contributed by atoms with Gasteiger partial charge in [-0.3, -0.25) is 5.10 Å². The molecule has 0 saturated heterocycles. The van der Waals surface area contributed by atoms with Crippen molar-refractivity contribution in [2.75, 3.05) is 0 Å². The van der Waals surface area contributed by atoms with Crippen molar-refractivity contribution in [2.24, 2.45) is 0 Å². The highest BCUT2D eigenvalue weighted by atomic mass is 79.9. The molecule has 2 aromatic heterocycles. The molecule has 0 amide bonds. The van der Waals surface area contributed by atoms with Gasteiger partial charge in [0.2, 0.25) is 0 Å². The molecule has 19 heavy (non-hydrogen) atoms. The first-order valence-corrected chi connectivity index (χ1v) is 6.25. The fourth-order valence-corrected chi connectivity index (χ4v) is 2.16. The zero-order valence-corrected chi connectivity index (χ0v) is 11.1. The van der Waals surface area contributed by atoms with Gasteiger partial charge in [0.1, 0.15) is 6.33 Å². The van der Waals surface area contributed by atoms with E-state index in [4.69, 9.17) is 0 Å². The van der Waals surface area contributed by atoms with Crippen LogP contribution < -0.4 is 0 Å². The molecule has 0 bridgehead atoms. The van der Waals surface area contributed by atoms with Crippen LogP contribution in [0.2, 0.25) is 0 Å². The number of benzene rings is 1. The van der Waals surface area contributed by atoms with E-state index >= 15 is 0 Å². The highest BCUT2D eigenvalue weighted by molar-refractivity contribution is 9.10. The molecule has 96 valence electrons. The van der Waals surface area contributed by atoms with Crippen LogP contribution in [0.4, 0.5) is 4.39 Å². The number of aromatic hydroxyl groups is 1. The first kappa shape index (κ1) is 12.0. The molecule has 5 nitrogen and oxygen atoms in total. The molecule has 0 saturated carbocycles. The van der Waals surface area contributed by atoms with Crippen LogP contribution in [-0.4, -0.2) is 25.3 Å². The van der Waals surface area contributed by atoms with Gasteiger partial charge in [-0.05, 0) is 27.6 Å². The number of nitrogens with one attached hydrogen (secondary N) is 1. The van der Waals surface area contributed by atoms with E-state index < -0.39 is 11.6 Å². The number of aromatic amines is 1. The van der Waals surface area contributed by atoms with Crippen molar-refractivity contribution < 1.29 is 9.50 Å². The van der Waals surface area contributed by atoms with E-state index in [1.54, 1.807) is 18.3 Å². The Balaban J connectivity index is 2.04. The van der Waals surface area contributed by atoms with Gasteiger partial charge >= 0.3 is 0 Å². The van der Waals surface area contributed by atoms with Crippen molar-refractivity contribution in [3.8, 4) is 5.75 Å². The van der Waals surface area contributed by atoms with E-state index in [1.165, 1.54) is 6.33 Å². The number of aromatic nitrogens is 4. The molecule has 2 heterocycles. The van der Waals surface area contributed by atoms with Crippen molar-refractivity contribution in [3.05, 3.63) is 46.2 Å². The largest absolute Gasteiger partial charge is 0.504 e. The third-order valence-corrected chi connectivity index (χ3v) is 3.47. The Labute approximate surface area is 115 Å². The van der Waals surface area contributed by atoms with Crippen LogP contribution in [0.1, 0.15) is 11.3 Å². The van der Waals surface area contributed by atoms with Crippen LogP contribution in [0, 0.1) is 5.82 Å². The summed E-state index contributed by atoms with van der Waals surface area (Å²) in [5.74, 6) is -1.04. The standard InChI is InChI=1S/C12H8BrFN4O/c13-8-2-1-6(10(14)11(8)19)3-9-7-4-15-5-16-12(7)18-17-9/h1-2,4-5,19H,3H2,(H,15,16,17,18). The summed E-state index contributed by atoms with van der Waals surface area (Å²) in [7, 11) is 0. The number of hydrogen-bond donors (Lipinski definition) is 2. The smallest absolute Gasteiger partial charge is 0.184 e. The van der Waals surface area contributed by atoms with Gasteiger partial charge in [-0.15, -0.1) is 0 Å². The summed E-state index contributed by atoms with van der Waals surface area (Å²) in [4.78, 5) is 7.91. The molecule has 3 rings (SSSR count). The minimum Gasteiger partial charge on any atom is -0.504 e. The molecular formula is C12H8BrFN4O. The zero-order valence-electron chi connectivity index (χ0n) is 9.56. The maximum Gasteiger partial charge on any atom is 0.184 e. The molecule has 1 aromatic carbocycles.